The predicted molar refractivity (Wildman–Crippen MR) is 70.2 cm³/mol. The first-order valence-corrected chi connectivity index (χ1v) is 6.55. The van der Waals surface area contributed by atoms with Gasteiger partial charge in [0.05, 0.1) is 12.5 Å². The molecule has 1 saturated heterocycles. The van der Waals surface area contributed by atoms with E-state index in [1.807, 2.05) is 0 Å². The Morgan fingerprint density at radius 1 is 1.33 bits per heavy atom. The molecule has 5 N–H and O–H groups in total. The molecule has 2 amide bonds. The van der Waals surface area contributed by atoms with Gasteiger partial charge in [0.2, 0.25) is 11.8 Å². The topological polar surface area (TPSA) is 150 Å². The third kappa shape index (κ3) is 4.42. The Balaban J connectivity index is 2.60. The van der Waals surface area contributed by atoms with E-state index in [2.05, 4.69) is 5.32 Å². The zero-order valence-electron chi connectivity index (χ0n) is 11.6. The summed E-state index contributed by atoms with van der Waals surface area (Å²) in [6.45, 7) is 1.72. The average molecular weight is 301 g/mol. The molecule has 0 saturated carbocycles. The SMILES string of the molecule is C[C@H](NC(=O)[C@@H](N)CC(=O)O)C(=O)N1CCC[C@@H]1C(=O)O. The van der Waals surface area contributed by atoms with Gasteiger partial charge in [0.25, 0.3) is 0 Å². The van der Waals surface area contributed by atoms with Crippen LogP contribution in [0, 0.1) is 0 Å². The Hall–Kier alpha value is -2.16. The van der Waals surface area contributed by atoms with Crippen molar-refractivity contribution in [3.8, 4) is 0 Å². The molecule has 0 aromatic rings. The zero-order chi connectivity index (χ0) is 16.2. The van der Waals surface area contributed by atoms with Crippen molar-refractivity contribution in [1.29, 1.82) is 0 Å². The summed E-state index contributed by atoms with van der Waals surface area (Å²) in [5.41, 5.74) is 5.38. The number of nitrogens with two attached hydrogens (primary N) is 1. The lowest BCUT2D eigenvalue weighted by atomic mass is 10.1. The molecule has 0 aromatic carbocycles. The number of hydrogen-bond acceptors (Lipinski definition) is 5. The molecule has 0 aromatic heterocycles. The number of nitrogens with one attached hydrogen (secondary N) is 1. The Bertz CT molecular complexity index is 452. The van der Waals surface area contributed by atoms with Crippen LogP contribution in [0.25, 0.3) is 0 Å². The fourth-order valence-electron chi connectivity index (χ4n) is 2.20. The summed E-state index contributed by atoms with van der Waals surface area (Å²) < 4.78 is 0. The van der Waals surface area contributed by atoms with Crippen molar-refractivity contribution in [3.63, 3.8) is 0 Å². The lowest BCUT2D eigenvalue weighted by Crippen LogP contribution is -2.53. The van der Waals surface area contributed by atoms with E-state index in [-0.39, 0.29) is 0 Å². The highest BCUT2D eigenvalue weighted by molar-refractivity contribution is 5.92. The fraction of sp³-hybridized carbons (Fsp3) is 0.667. The first-order chi connectivity index (χ1) is 9.73. The van der Waals surface area contributed by atoms with Crippen LogP contribution in [0.15, 0.2) is 0 Å². The zero-order valence-corrected chi connectivity index (χ0v) is 11.6. The average Bonchev–Trinajstić information content (AvgIpc) is 2.85. The highest BCUT2D eigenvalue weighted by atomic mass is 16.4. The first-order valence-electron chi connectivity index (χ1n) is 6.55. The molecule has 0 radical (unpaired) electrons. The van der Waals surface area contributed by atoms with Crippen molar-refractivity contribution < 1.29 is 29.4 Å². The molecule has 0 spiro atoms. The van der Waals surface area contributed by atoms with Gasteiger partial charge in [-0.3, -0.25) is 14.4 Å². The maximum absolute atomic E-state index is 12.1. The van der Waals surface area contributed by atoms with E-state index in [0.717, 1.165) is 0 Å². The van der Waals surface area contributed by atoms with Gasteiger partial charge in [0.1, 0.15) is 12.1 Å². The maximum atomic E-state index is 12.1. The summed E-state index contributed by atoms with van der Waals surface area (Å²) in [5, 5.41) is 19.9. The third-order valence-corrected chi connectivity index (χ3v) is 3.28. The van der Waals surface area contributed by atoms with Crippen molar-refractivity contribution in [2.45, 2.75) is 44.3 Å². The summed E-state index contributed by atoms with van der Waals surface area (Å²) in [7, 11) is 0. The first kappa shape index (κ1) is 16.9. The molecule has 3 atom stereocenters. The Kier molecular flexibility index (Phi) is 5.65. The molecule has 1 aliphatic rings. The number of carbonyl (C=O) groups is 4. The number of carboxylic acids is 2. The van der Waals surface area contributed by atoms with Gasteiger partial charge in [-0.25, -0.2) is 4.79 Å². The van der Waals surface area contributed by atoms with Gasteiger partial charge in [0, 0.05) is 6.54 Å². The molecule has 1 heterocycles. The largest absolute Gasteiger partial charge is 0.481 e. The van der Waals surface area contributed by atoms with Gasteiger partial charge in [-0.15, -0.1) is 0 Å². The van der Waals surface area contributed by atoms with E-state index in [9.17, 15) is 19.2 Å². The Labute approximate surface area is 121 Å². The molecular weight excluding hydrogens is 282 g/mol. The quantitative estimate of drug-likeness (QED) is 0.460. The molecule has 9 heteroatoms. The number of hydrogen-bond donors (Lipinski definition) is 4. The van der Waals surface area contributed by atoms with Crippen molar-refractivity contribution in [2.75, 3.05) is 6.54 Å². The molecule has 1 aliphatic heterocycles. The summed E-state index contributed by atoms with van der Waals surface area (Å²) in [4.78, 5) is 46.5. The number of rotatable bonds is 6. The molecule has 0 aliphatic carbocycles. The minimum Gasteiger partial charge on any atom is -0.481 e. The standard InChI is InChI=1S/C12H19N3O6/c1-6(14-10(18)7(13)5-9(16)17)11(19)15-4-2-3-8(15)12(20)21/h6-8H,2-5,13H2,1H3,(H,14,18)(H,16,17)(H,20,21)/t6-,7-,8+/m0/s1. The van der Waals surface area contributed by atoms with Crippen molar-refractivity contribution in [1.82, 2.24) is 10.2 Å². The van der Waals surface area contributed by atoms with E-state index in [1.54, 1.807) is 0 Å². The van der Waals surface area contributed by atoms with E-state index < -0.39 is 48.3 Å². The van der Waals surface area contributed by atoms with Crippen LogP contribution in [0.3, 0.4) is 0 Å². The second-order valence-corrected chi connectivity index (χ2v) is 4.96. The van der Waals surface area contributed by atoms with E-state index >= 15 is 0 Å². The van der Waals surface area contributed by atoms with Crippen LogP contribution in [0.2, 0.25) is 0 Å². The van der Waals surface area contributed by atoms with Crippen molar-refractivity contribution in [2.24, 2.45) is 5.73 Å². The molecule has 118 valence electrons. The molecule has 0 bridgehead atoms. The lowest BCUT2D eigenvalue weighted by Gasteiger charge is -2.25. The molecule has 9 nitrogen and oxygen atoms in total. The predicted octanol–water partition coefficient (Wildman–Crippen LogP) is -1.63. The van der Waals surface area contributed by atoms with E-state index in [1.165, 1.54) is 11.8 Å². The second kappa shape index (κ2) is 7.02. The van der Waals surface area contributed by atoms with Crippen LogP contribution in [0.5, 0.6) is 0 Å². The Morgan fingerprint density at radius 2 is 1.95 bits per heavy atom. The summed E-state index contributed by atoms with van der Waals surface area (Å²) in [5.74, 6) is -3.58. The molecule has 21 heavy (non-hydrogen) atoms. The number of nitrogens with zero attached hydrogens (tertiary/aromatic N) is 1. The molecular formula is C12H19N3O6. The van der Waals surface area contributed by atoms with E-state index in [0.29, 0.717) is 19.4 Å². The van der Waals surface area contributed by atoms with Gasteiger partial charge in [-0.05, 0) is 19.8 Å². The van der Waals surface area contributed by atoms with Crippen molar-refractivity contribution >= 4 is 23.8 Å². The van der Waals surface area contributed by atoms with Crippen LogP contribution in [-0.4, -0.2) is 63.5 Å². The van der Waals surface area contributed by atoms with E-state index in [4.69, 9.17) is 15.9 Å². The molecule has 1 rings (SSSR count). The number of aliphatic carboxylic acids is 2. The second-order valence-electron chi connectivity index (χ2n) is 4.96. The van der Waals surface area contributed by atoms with Crippen LogP contribution in [0.1, 0.15) is 26.2 Å². The normalized spacial score (nSPS) is 20.7. The van der Waals surface area contributed by atoms with Crippen molar-refractivity contribution in [3.05, 3.63) is 0 Å². The molecule has 0 unspecified atom stereocenters. The minimum absolute atomic E-state index is 0.317. The maximum Gasteiger partial charge on any atom is 0.326 e. The van der Waals surface area contributed by atoms with Crippen LogP contribution >= 0.6 is 0 Å². The third-order valence-electron chi connectivity index (χ3n) is 3.28. The Morgan fingerprint density at radius 3 is 2.48 bits per heavy atom. The lowest BCUT2D eigenvalue weighted by molar-refractivity contribution is -0.149. The smallest absolute Gasteiger partial charge is 0.326 e. The van der Waals surface area contributed by atoms with Gasteiger partial charge >= 0.3 is 11.9 Å². The number of likely N-dealkylation sites (tertiary alicyclic amines) is 1. The monoisotopic (exact) mass is 301 g/mol. The minimum atomic E-state index is -1.26. The highest BCUT2D eigenvalue weighted by Crippen LogP contribution is 2.18. The summed E-state index contributed by atoms with van der Waals surface area (Å²) >= 11 is 0. The highest BCUT2D eigenvalue weighted by Gasteiger charge is 2.36. The number of carbonyl (C=O) groups excluding carboxylic acids is 2. The number of amides is 2. The van der Waals surface area contributed by atoms with Gasteiger partial charge in [-0.1, -0.05) is 0 Å². The fourth-order valence-corrected chi connectivity index (χ4v) is 2.20. The summed E-state index contributed by atoms with van der Waals surface area (Å²) in [6.07, 6.45) is 0.413. The van der Waals surface area contributed by atoms with Gasteiger partial charge in [0.15, 0.2) is 0 Å². The van der Waals surface area contributed by atoms with Gasteiger partial charge in [-0.2, -0.15) is 0 Å². The molecule has 1 fully saturated rings. The van der Waals surface area contributed by atoms with Crippen LogP contribution in [-0.2, 0) is 19.2 Å². The van der Waals surface area contributed by atoms with Crippen LogP contribution in [0.4, 0.5) is 0 Å². The number of carboxylic acid groups (broad SMARTS) is 2. The summed E-state index contributed by atoms with van der Waals surface area (Å²) in [6, 6.07) is -3.10. The van der Waals surface area contributed by atoms with Crippen LogP contribution < -0.4 is 11.1 Å². The van der Waals surface area contributed by atoms with Gasteiger partial charge < -0.3 is 26.2 Å².